The maximum atomic E-state index is 12.0. The Morgan fingerprint density at radius 2 is 1.48 bits per heavy atom. The molecule has 0 aliphatic carbocycles. The van der Waals surface area contributed by atoms with Crippen LogP contribution in [-0.2, 0) is 27.9 Å². The highest BCUT2D eigenvalue weighted by Gasteiger charge is 2.20. The Bertz CT molecular complexity index is 497. The van der Waals surface area contributed by atoms with Crippen LogP contribution in [0.15, 0.2) is 0 Å². The first-order chi connectivity index (χ1) is 14.6. The molecule has 0 amide bonds. The fourth-order valence-electron chi connectivity index (χ4n) is 2.70. The van der Waals surface area contributed by atoms with Crippen molar-refractivity contribution in [3.63, 3.8) is 0 Å². The van der Waals surface area contributed by atoms with Crippen molar-refractivity contribution >= 4 is 13.8 Å². The van der Waals surface area contributed by atoms with Gasteiger partial charge in [0.25, 0.3) is 7.82 Å². The van der Waals surface area contributed by atoms with Crippen LogP contribution >= 0.6 is 7.82 Å². The topological polar surface area (TPSA) is 94.1 Å². The molecule has 0 aliphatic heterocycles. The quantitative estimate of drug-likeness (QED) is 0.109. The molecule has 9 heteroatoms. The van der Waals surface area contributed by atoms with Crippen molar-refractivity contribution in [1.29, 1.82) is 0 Å². The summed E-state index contributed by atoms with van der Waals surface area (Å²) in [5.41, 5.74) is 0. The maximum absolute atomic E-state index is 12.0. The number of quaternary nitrogens is 1. The predicted octanol–water partition coefficient (Wildman–Crippen LogP) is 4.06. The second-order valence-corrected chi connectivity index (χ2v) is 10.4. The van der Waals surface area contributed by atoms with E-state index in [4.69, 9.17) is 18.5 Å². The smallest absolute Gasteiger partial charge is 0.306 e. The van der Waals surface area contributed by atoms with Crippen molar-refractivity contribution in [2.75, 3.05) is 54.1 Å². The van der Waals surface area contributed by atoms with Gasteiger partial charge in [0.2, 0.25) is 0 Å². The highest BCUT2D eigenvalue weighted by atomic mass is 31.2. The fraction of sp³-hybridized carbons (Fsp3) is 0.955. The van der Waals surface area contributed by atoms with E-state index in [1.165, 1.54) is 32.1 Å². The van der Waals surface area contributed by atoms with Gasteiger partial charge in [-0.3, -0.25) is 9.36 Å². The molecule has 0 spiro atoms. The fourth-order valence-corrected chi connectivity index (χ4v) is 3.42. The van der Waals surface area contributed by atoms with Crippen molar-refractivity contribution in [2.45, 2.75) is 84.2 Å². The van der Waals surface area contributed by atoms with Crippen LogP contribution in [0.2, 0.25) is 0 Å². The molecule has 0 heterocycles. The molecule has 0 N–H and O–H groups in total. The third-order valence-corrected chi connectivity index (χ3v) is 5.62. The Labute approximate surface area is 189 Å². The molecule has 0 aliphatic rings. The van der Waals surface area contributed by atoms with E-state index >= 15 is 0 Å². The summed E-state index contributed by atoms with van der Waals surface area (Å²) in [5, 5.41) is 0. The SMILES string of the molecule is CCCCCCCCCOCC(COP(=O)([O-])OCC[N+](C)(C)C)OC(=O)CCCC. The Balaban J connectivity index is 4.33. The molecule has 0 saturated heterocycles. The summed E-state index contributed by atoms with van der Waals surface area (Å²) in [6.45, 7) is 5.08. The summed E-state index contributed by atoms with van der Waals surface area (Å²) in [7, 11) is 1.35. The molecule has 0 bridgehead atoms. The zero-order valence-corrected chi connectivity index (χ0v) is 21.3. The number of esters is 1. The van der Waals surface area contributed by atoms with Crippen molar-refractivity contribution in [3.05, 3.63) is 0 Å². The Kier molecular flexibility index (Phi) is 17.7. The highest BCUT2D eigenvalue weighted by molar-refractivity contribution is 7.45. The van der Waals surface area contributed by atoms with E-state index in [9.17, 15) is 14.3 Å². The van der Waals surface area contributed by atoms with Gasteiger partial charge in [-0.25, -0.2) is 0 Å². The lowest BCUT2D eigenvalue weighted by Gasteiger charge is -2.28. The summed E-state index contributed by atoms with van der Waals surface area (Å²) in [5.74, 6) is -0.373. The molecule has 0 aromatic heterocycles. The number of likely N-dealkylation sites (N-methyl/N-ethyl adjacent to an activating group) is 1. The molecule has 0 radical (unpaired) electrons. The highest BCUT2D eigenvalue weighted by Crippen LogP contribution is 2.38. The minimum Gasteiger partial charge on any atom is -0.756 e. The number of rotatable bonds is 21. The van der Waals surface area contributed by atoms with Gasteiger partial charge in [0.15, 0.2) is 0 Å². The zero-order chi connectivity index (χ0) is 23.6. The molecule has 0 saturated carbocycles. The lowest BCUT2D eigenvalue weighted by molar-refractivity contribution is -0.870. The largest absolute Gasteiger partial charge is 0.756 e. The minimum atomic E-state index is -4.47. The first kappa shape index (κ1) is 30.5. The van der Waals surface area contributed by atoms with Crippen molar-refractivity contribution in [3.8, 4) is 0 Å². The summed E-state index contributed by atoms with van der Waals surface area (Å²) < 4.78 is 33.4. The molecule has 2 atom stereocenters. The van der Waals surface area contributed by atoms with Crippen LogP contribution in [0.4, 0.5) is 0 Å². The average Bonchev–Trinajstić information content (AvgIpc) is 2.67. The van der Waals surface area contributed by atoms with Crippen molar-refractivity contribution in [1.82, 2.24) is 0 Å². The molecule has 0 aromatic rings. The van der Waals surface area contributed by atoms with Crippen molar-refractivity contribution < 1.29 is 37.3 Å². The molecule has 186 valence electrons. The number of ether oxygens (including phenoxy) is 2. The number of hydrogen-bond acceptors (Lipinski definition) is 7. The van der Waals surface area contributed by atoms with E-state index in [1.807, 2.05) is 28.1 Å². The van der Waals surface area contributed by atoms with Crippen LogP contribution in [0, 0.1) is 0 Å². The molecule has 0 fully saturated rings. The normalized spacial score (nSPS) is 14.9. The van der Waals surface area contributed by atoms with Crippen LogP contribution < -0.4 is 4.89 Å². The van der Waals surface area contributed by atoms with Gasteiger partial charge in [-0.2, -0.15) is 0 Å². The van der Waals surface area contributed by atoms with Gasteiger partial charge in [-0.15, -0.1) is 0 Å². The first-order valence-corrected chi connectivity index (χ1v) is 13.2. The number of phosphoric ester groups is 1. The zero-order valence-electron chi connectivity index (χ0n) is 20.4. The predicted molar refractivity (Wildman–Crippen MR) is 121 cm³/mol. The number of nitrogens with zero attached hydrogens (tertiary/aromatic N) is 1. The van der Waals surface area contributed by atoms with Gasteiger partial charge < -0.3 is 27.9 Å². The van der Waals surface area contributed by atoms with Crippen LogP contribution in [-0.4, -0.2) is 70.7 Å². The third kappa shape index (κ3) is 21.1. The minimum absolute atomic E-state index is 0.0278. The number of hydrogen-bond donors (Lipinski definition) is 0. The molecular formula is C22H46NO7P. The first-order valence-electron chi connectivity index (χ1n) is 11.8. The van der Waals surface area contributed by atoms with E-state index in [-0.39, 0.29) is 25.8 Å². The summed E-state index contributed by atoms with van der Waals surface area (Å²) in [6, 6.07) is 0. The van der Waals surface area contributed by atoms with E-state index < -0.39 is 13.9 Å². The molecule has 0 aromatic carbocycles. The number of carbonyl (C=O) groups is 1. The number of carbonyl (C=O) groups excluding carboxylic acids is 1. The standard InChI is InChI=1S/C22H46NO7P/c1-6-8-10-11-12-13-14-17-27-19-21(30-22(24)15-9-7-2)20-29-31(25,26)28-18-16-23(3,4)5/h21H,6-20H2,1-5H3. The Morgan fingerprint density at radius 1 is 0.871 bits per heavy atom. The summed E-state index contributed by atoms with van der Waals surface area (Å²) in [4.78, 5) is 24.0. The third-order valence-electron chi connectivity index (χ3n) is 4.66. The monoisotopic (exact) mass is 467 g/mol. The lowest BCUT2D eigenvalue weighted by atomic mass is 10.1. The number of phosphoric acid groups is 1. The van der Waals surface area contributed by atoms with Crippen LogP contribution in [0.3, 0.4) is 0 Å². The van der Waals surface area contributed by atoms with Gasteiger partial charge in [-0.1, -0.05) is 58.8 Å². The molecule has 0 rings (SSSR count). The summed E-state index contributed by atoms with van der Waals surface area (Å²) >= 11 is 0. The molecular weight excluding hydrogens is 421 g/mol. The van der Waals surface area contributed by atoms with Crippen LogP contribution in [0.25, 0.3) is 0 Å². The van der Waals surface area contributed by atoms with Crippen LogP contribution in [0.5, 0.6) is 0 Å². The van der Waals surface area contributed by atoms with Gasteiger partial charge in [-0.05, 0) is 12.8 Å². The van der Waals surface area contributed by atoms with Crippen LogP contribution in [0.1, 0.15) is 78.1 Å². The van der Waals surface area contributed by atoms with E-state index in [2.05, 4.69) is 6.92 Å². The Hall–Kier alpha value is -0.500. The van der Waals surface area contributed by atoms with E-state index in [0.717, 1.165) is 25.7 Å². The second-order valence-electron chi connectivity index (χ2n) is 9.00. The Morgan fingerprint density at radius 3 is 2.10 bits per heavy atom. The van der Waals surface area contributed by atoms with Gasteiger partial charge in [0.1, 0.15) is 19.3 Å². The van der Waals surface area contributed by atoms with E-state index in [1.54, 1.807) is 0 Å². The van der Waals surface area contributed by atoms with Gasteiger partial charge in [0.05, 0.1) is 34.4 Å². The number of unbranched alkanes of at least 4 members (excludes halogenated alkanes) is 7. The molecule has 31 heavy (non-hydrogen) atoms. The van der Waals surface area contributed by atoms with Crippen molar-refractivity contribution in [2.24, 2.45) is 0 Å². The van der Waals surface area contributed by atoms with Gasteiger partial charge in [0, 0.05) is 13.0 Å². The molecule has 2 unspecified atom stereocenters. The second kappa shape index (κ2) is 18.0. The molecule has 8 nitrogen and oxygen atoms in total. The average molecular weight is 468 g/mol. The van der Waals surface area contributed by atoms with Gasteiger partial charge >= 0.3 is 5.97 Å². The maximum Gasteiger partial charge on any atom is 0.306 e. The summed E-state index contributed by atoms with van der Waals surface area (Å²) in [6.07, 6.45) is 9.35. The van der Waals surface area contributed by atoms with E-state index in [0.29, 0.717) is 24.1 Å². The lowest BCUT2D eigenvalue weighted by Crippen LogP contribution is -2.37.